The lowest BCUT2D eigenvalue weighted by Crippen LogP contribution is -2.35. The minimum absolute atomic E-state index is 0.0274. The number of benzene rings is 3. The molecule has 5 aromatic rings. The van der Waals surface area contributed by atoms with Gasteiger partial charge in [0.15, 0.2) is 0 Å². The standard InChI is InChI=1S/C27H24N4O2/c1-18-8-7-12-21-26(18)30-17-31(27(21)33)16-25(32)29-14-22(19-9-3-2-4-10-19)23-15-28-24-13-6-5-11-20(23)24/h2-13,15,17,22,28H,14,16H2,1H3,(H,29,32)/t22-/m1/s1. The van der Waals surface area contributed by atoms with E-state index in [1.54, 1.807) is 6.07 Å². The Bertz CT molecular complexity index is 1500. The van der Waals surface area contributed by atoms with Crippen molar-refractivity contribution in [2.24, 2.45) is 0 Å². The Labute approximate surface area is 190 Å². The van der Waals surface area contributed by atoms with Crippen molar-refractivity contribution in [3.05, 3.63) is 112 Å². The summed E-state index contributed by atoms with van der Waals surface area (Å²) in [7, 11) is 0. The number of aromatic amines is 1. The highest BCUT2D eigenvalue weighted by Gasteiger charge is 2.19. The van der Waals surface area contributed by atoms with Crippen LogP contribution in [-0.4, -0.2) is 27.0 Å². The number of hydrogen-bond acceptors (Lipinski definition) is 3. The molecule has 0 aliphatic carbocycles. The number of fused-ring (bicyclic) bond motifs is 2. The van der Waals surface area contributed by atoms with Gasteiger partial charge in [-0.25, -0.2) is 4.98 Å². The molecule has 0 spiro atoms. The summed E-state index contributed by atoms with van der Waals surface area (Å²) in [5.41, 5.74) is 4.69. The van der Waals surface area contributed by atoms with Crippen molar-refractivity contribution in [1.29, 1.82) is 0 Å². The van der Waals surface area contributed by atoms with E-state index in [0.717, 1.165) is 27.6 Å². The Morgan fingerprint density at radius 2 is 1.76 bits per heavy atom. The number of aryl methyl sites for hydroxylation is 1. The van der Waals surface area contributed by atoms with Gasteiger partial charge in [-0.15, -0.1) is 0 Å². The van der Waals surface area contributed by atoms with Crippen molar-refractivity contribution in [3.8, 4) is 0 Å². The molecular formula is C27H24N4O2. The minimum atomic E-state index is -0.230. The Kier molecular flexibility index (Phi) is 5.48. The van der Waals surface area contributed by atoms with E-state index >= 15 is 0 Å². The molecule has 2 heterocycles. The number of H-pyrrole nitrogens is 1. The fourth-order valence-corrected chi connectivity index (χ4v) is 4.35. The molecular weight excluding hydrogens is 412 g/mol. The van der Waals surface area contributed by atoms with Crippen LogP contribution in [0.15, 0.2) is 90.1 Å². The van der Waals surface area contributed by atoms with Gasteiger partial charge in [0.25, 0.3) is 5.56 Å². The van der Waals surface area contributed by atoms with Crippen molar-refractivity contribution < 1.29 is 4.79 Å². The quantitative estimate of drug-likeness (QED) is 0.420. The second-order valence-corrected chi connectivity index (χ2v) is 8.21. The fraction of sp³-hybridized carbons (Fsp3) is 0.148. The topological polar surface area (TPSA) is 79.8 Å². The lowest BCUT2D eigenvalue weighted by Gasteiger charge is -2.18. The largest absolute Gasteiger partial charge is 0.361 e. The van der Waals surface area contributed by atoms with Crippen LogP contribution < -0.4 is 10.9 Å². The Morgan fingerprint density at radius 3 is 2.61 bits per heavy atom. The van der Waals surface area contributed by atoms with Gasteiger partial charge in [0.2, 0.25) is 5.91 Å². The summed E-state index contributed by atoms with van der Waals surface area (Å²) in [5.74, 6) is -0.257. The molecule has 3 aromatic carbocycles. The van der Waals surface area contributed by atoms with Gasteiger partial charge in [-0.2, -0.15) is 0 Å². The van der Waals surface area contributed by atoms with Crippen LogP contribution in [0.25, 0.3) is 21.8 Å². The molecule has 0 aliphatic rings. The number of aromatic nitrogens is 3. The van der Waals surface area contributed by atoms with Crippen molar-refractivity contribution in [2.45, 2.75) is 19.4 Å². The fourth-order valence-electron chi connectivity index (χ4n) is 4.35. The minimum Gasteiger partial charge on any atom is -0.361 e. The first-order chi connectivity index (χ1) is 16.1. The van der Waals surface area contributed by atoms with Gasteiger partial charge in [0.05, 0.1) is 17.2 Å². The average molecular weight is 437 g/mol. The zero-order chi connectivity index (χ0) is 22.8. The second kappa shape index (κ2) is 8.74. The van der Waals surface area contributed by atoms with Gasteiger partial charge in [0.1, 0.15) is 6.54 Å². The van der Waals surface area contributed by atoms with Gasteiger partial charge >= 0.3 is 0 Å². The molecule has 1 atom stereocenters. The van der Waals surface area contributed by atoms with Crippen molar-refractivity contribution in [1.82, 2.24) is 19.9 Å². The smallest absolute Gasteiger partial charge is 0.261 e. The normalized spacial score (nSPS) is 12.2. The molecule has 0 fully saturated rings. The van der Waals surface area contributed by atoms with Crippen LogP contribution in [0.3, 0.4) is 0 Å². The van der Waals surface area contributed by atoms with E-state index in [0.29, 0.717) is 17.4 Å². The molecule has 1 amide bonds. The van der Waals surface area contributed by atoms with Gasteiger partial charge in [-0.05, 0) is 35.7 Å². The number of carbonyl (C=O) groups excluding carboxylic acids is 1. The van der Waals surface area contributed by atoms with Crippen molar-refractivity contribution in [3.63, 3.8) is 0 Å². The van der Waals surface area contributed by atoms with E-state index in [1.165, 1.54) is 10.9 Å². The van der Waals surface area contributed by atoms with E-state index in [-0.39, 0.29) is 23.9 Å². The van der Waals surface area contributed by atoms with Gasteiger partial charge < -0.3 is 10.3 Å². The number of nitrogens with zero attached hydrogens (tertiary/aromatic N) is 2. The molecule has 0 saturated carbocycles. The highest BCUT2D eigenvalue weighted by atomic mass is 16.2. The molecule has 164 valence electrons. The van der Waals surface area contributed by atoms with E-state index < -0.39 is 0 Å². The molecule has 6 heteroatoms. The number of para-hydroxylation sites is 2. The van der Waals surface area contributed by atoms with Gasteiger partial charge in [-0.1, -0.05) is 60.7 Å². The Hall–Kier alpha value is -4.19. The molecule has 0 bridgehead atoms. The van der Waals surface area contributed by atoms with Crippen LogP contribution in [0.1, 0.15) is 22.6 Å². The van der Waals surface area contributed by atoms with E-state index in [4.69, 9.17) is 0 Å². The molecule has 5 rings (SSSR count). The molecule has 0 aliphatic heterocycles. The average Bonchev–Trinajstić information content (AvgIpc) is 3.26. The third kappa shape index (κ3) is 4.03. The number of amides is 1. The number of carbonyl (C=O) groups is 1. The van der Waals surface area contributed by atoms with E-state index in [9.17, 15) is 9.59 Å². The van der Waals surface area contributed by atoms with Crippen molar-refractivity contribution >= 4 is 27.7 Å². The number of nitrogens with one attached hydrogen (secondary N) is 2. The Balaban J connectivity index is 1.39. The van der Waals surface area contributed by atoms with Crippen molar-refractivity contribution in [2.75, 3.05) is 6.54 Å². The lowest BCUT2D eigenvalue weighted by atomic mass is 9.91. The first kappa shape index (κ1) is 20.7. The molecule has 2 aromatic heterocycles. The summed E-state index contributed by atoms with van der Waals surface area (Å²) in [6, 6.07) is 23.8. The maximum absolute atomic E-state index is 12.8. The van der Waals surface area contributed by atoms with Crippen LogP contribution in [0.5, 0.6) is 0 Å². The third-order valence-electron chi connectivity index (χ3n) is 6.07. The maximum Gasteiger partial charge on any atom is 0.261 e. The maximum atomic E-state index is 12.8. The SMILES string of the molecule is Cc1cccc2c(=O)n(CC(=O)NC[C@H](c3ccccc3)c3c[nH]c4ccccc34)cnc12. The van der Waals surface area contributed by atoms with Crippen LogP contribution in [-0.2, 0) is 11.3 Å². The zero-order valence-corrected chi connectivity index (χ0v) is 18.3. The lowest BCUT2D eigenvalue weighted by molar-refractivity contribution is -0.121. The first-order valence-electron chi connectivity index (χ1n) is 10.9. The van der Waals surface area contributed by atoms with Gasteiger partial charge in [0, 0.05) is 29.6 Å². The summed E-state index contributed by atoms with van der Waals surface area (Å²) in [5, 5.41) is 4.68. The molecule has 0 unspecified atom stereocenters. The zero-order valence-electron chi connectivity index (χ0n) is 18.3. The van der Waals surface area contributed by atoms with Crippen LogP contribution in [0, 0.1) is 6.92 Å². The monoisotopic (exact) mass is 436 g/mol. The summed E-state index contributed by atoms with van der Waals surface area (Å²) in [6.45, 7) is 2.25. The summed E-state index contributed by atoms with van der Waals surface area (Å²) >= 11 is 0. The van der Waals surface area contributed by atoms with Crippen LogP contribution in [0.4, 0.5) is 0 Å². The molecule has 0 saturated heterocycles. The molecule has 2 N–H and O–H groups in total. The van der Waals surface area contributed by atoms with E-state index in [2.05, 4.69) is 33.5 Å². The van der Waals surface area contributed by atoms with Crippen LogP contribution in [0.2, 0.25) is 0 Å². The predicted octanol–water partition coefficient (Wildman–Crippen LogP) is 4.13. The molecule has 6 nitrogen and oxygen atoms in total. The highest BCUT2D eigenvalue weighted by molar-refractivity contribution is 5.84. The molecule has 33 heavy (non-hydrogen) atoms. The van der Waals surface area contributed by atoms with E-state index in [1.807, 2.05) is 61.7 Å². The first-order valence-corrected chi connectivity index (χ1v) is 10.9. The summed E-state index contributed by atoms with van der Waals surface area (Å²) < 4.78 is 1.36. The summed E-state index contributed by atoms with van der Waals surface area (Å²) in [4.78, 5) is 33.4. The Morgan fingerprint density at radius 1 is 1.00 bits per heavy atom. The number of hydrogen-bond donors (Lipinski definition) is 2. The number of rotatable bonds is 6. The van der Waals surface area contributed by atoms with Crippen LogP contribution >= 0.6 is 0 Å². The molecule has 0 radical (unpaired) electrons. The van der Waals surface area contributed by atoms with Gasteiger partial charge in [-0.3, -0.25) is 14.2 Å². The summed E-state index contributed by atoms with van der Waals surface area (Å²) in [6.07, 6.45) is 3.46. The highest BCUT2D eigenvalue weighted by Crippen LogP contribution is 2.30. The second-order valence-electron chi connectivity index (χ2n) is 8.21. The third-order valence-corrected chi connectivity index (χ3v) is 6.07. The predicted molar refractivity (Wildman–Crippen MR) is 130 cm³/mol.